The van der Waals surface area contributed by atoms with Gasteiger partial charge in [-0.25, -0.2) is 4.79 Å². The number of carboxylic acids is 1. The van der Waals surface area contributed by atoms with E-state index in [-0.39, 0.29) is 0 Å². The minimum atomic E-state index is -0.889. The zero-order valence-electron chi connectivity index (χ0n) is 11.2. The fourth-order valence-corrected chi connectivity index (χ4v) is 2.70. The highest BCUT2D eigenvalue weighted by Crippen LogP contribution is 2.25. The molecule has 0 saturated heterocycles. The van der Waals surface area contributed by atoms with Crippen LogP contribution in [0.3, 0.4) is 0 Å². The fourth-order valence-electron chi connectivity index (χ4n) is 1.96. The van der Waals surface area contributed by atoms with Gasteiger partial charge in [-0.2, -0.15) is 0 Å². The lowest BCUT2D eigenvalue weighted by Crippen LogP contribution is -1.98. The Hall–Kier alpha value is -1.87. The van der Waals surface area contributed by atoms with Gasteiger partial charge in [-0.1, -0.05) is 18.2 Å². The monoisotopic (exact) mass is 272 g/mol. The molecule has 0 saturated carbocycles. The maximum atomic E-state index is 11.4. The molecule has 0 amide bonds. The molecule has 2 rings (SSSR count). The van der Waals surface area contributed by atoms with Crippen LogP contribution in [0.15, 0.2) is 29.6 Å². The van der Waals surface area contributed by atoms with Gasteiger partial charge in [0.1, 0.15) is 0 Å². The van der Waals surface area contributed by atoms with E-state index in [1.165, 1.54) is 22.5 Å². The molecule has 0 fully saturated rings. The van der Waals surface area contributed by atoms with Crippen LogP contribution >= 0.6 is 11.3 Å². The molecular formula is C16H16O2S. The number of hydrogen-bond acceptors (Lipinski definition) is 2. The van der Waals surface area contributed by atoms with Crippen molar-refractivity contribution in [2.24, 2.45) is 0 Å². The van der Waals surface area contributed by atoms with Crippen LogP contribution in [0.1, 0.15) is 27.1 Å². The Balaban J connectivity index is 2.54. The van der Waals surface area contributed by atoms with Crippen molar-refractivity contribution in [3.8, 4) is 0 Å². The van der Waals surface area contributed by atoms with Gasteiger partial charge < -0.3 is 5.11 Å². The topological polar surface area (TPSA) is 37.3 Å². The van der Waals surface area contributed by atoms with Crippen LogP contribution < -0.4 is 0 Å². The number of aliphatic carboxylic acids is 1. The van der Waals surface area contributed by atoms with Gasteiger partial charge in [0.2, 0.25) is 0 Å². The first kappa shape index (κ1) is 13.6. The van der Waals surface area contributed by atoms with Crippen molar-refractivity contribution in [2.45, 2.75) is 20.8 Å². The normalized spacial score (nSPS) is 11.6. The summed E-state index contributed by atoms with van der Waals surface area (Å²) < 4.78 is 0. The molecule has 1 heterocycles. The van der Waals surface area contributed by atoms with Crippen LogP contribution in [0, 0.1) is 20.8 Å². The Morgan fingerprint density at radius 2 is 1.84 bits per heavy atom. The molecule has 19 heavy (non-hydrogen) atoms. The molecule has 2 nitrogen and oxygen atoms in total. The number of benzene rings is 1. The molecule has 0 aliphatic carbocycles. The Labute approximate surface area is 117 Å². The molecule has 0 atom stereocenters. The second-order valence-electron chi connectivity index (χ2n) is 4.63. The number of aryl methyl sites for hydroxylation is 3. The quantitative estimate of drug-likeness (QED) is 0.846. The van der Waals surface area contributed by atoms with Gasteiger partial charge in [0.25, 0.3) is 0 Å². The number of carbonyl (C=O) groups is 1. The van der Waals surface area contributed by atoms with Gasteiger partial charge >= 0.3 is 5.97 Å². The molecule has 0 unspecified atom stereocenters. The van der Waals surface area contributed by atoms with Crippen LogP contribution in [0.5, 0.6) is 0 Å². The lowest BCUT2D eigenvalue weighted by molar-refractivity contribution is -0.130. The van der Waals surface area contributed by atoms with Gasteiger partial charge in [-0.3, -0.25) is 0 Å². The van der Waals surface area contributed by atoms with Gasteiger partial charge in [0, 0.05) is 4.88 Å². The summed E-state index contributed by atoms with van der Waals surface area (Å²) in [7, 11) is 0. The van der Waals surface area contributed by atoms with Crippen molar-refractivity contribution >= 4 is 29.0 Å². The molecule has 3 heteroatoms. The number of thiophene rings is 1. The zero-order chi connectivity index (χ0) is 14.0. The van der Waals surface area contributed by atoms with Gasteiger partial charge in [0.05, 0.1) is 5.57 Å². The molecule has 0 radical (unpaired) electrons. The Morgan fingerprint density at radius 1 is 1.16 bits per heavy atom. The van der Waals surface area contributed by atoms with Crippen molar-refractivity contribution in [3.63, 3.8) is 0 Å². The van der Waals surface area contributed by atoms with E-state index in [1.807, 2.05) is 37.4 Å². The molecule has 2 aromatic rings. The molecule has 0 spiro atoms. The van der Waals surface area contributed by atoms with Crippen molar-refractivity contribution in [3.05, 3.63) is 56.8 Å². The first-order chi connectivity index (χ1) is 8.99. The molecular weight excluding hydrogens is 256 g/mol. The van der Waals surface area contributed by atoms with E-state index in [2.05, 4.69) is 13.0 Å². The van der Waals surface area contributed by atoms with E-state index in [9.17, 15) is 9.90 Å². The van der Waals surface area contributed by atoms with E-state index in [0.29, 0.717) is 5.57 Å². The smallest absolute Gasteiger partial charge is 0.337 e. The largest absolute Gasteiger partial charge is 0.478 e. The number of carboxylic acid groups (broad SMARTS) is 1. The molecule has 0 aliphatic rings. The average molecular weight is 272 g/mol. The van der Waals surface area contributed by atoms with Crippen molar-refractivity contribution in [1.82, 2.24) is 0 Å². The van der Waals surface area contributed by atoms with Crippen LogP contribution in [0.25, 0.3) is 11.6 Å². The average Bonchev–Trinajstić information content (AvgIpc) is 2.85. The number of rotatable bonds is 3. The third kappa shape index (κ3) is 2.93. The highest BCUT2D eigenvalue weighted by molar-refractivity contribution is 7.11. The van der Waals surface area contributed by atoms with Gasteiger partial charge in [0.15, 0.2) is 0 Å². The second kappa shape index (κ2) is 5.41. The van der Waals surface area contributed by atoms with E-state index in [0.717, 1.165) is 16.0 Å². The van der Waals surface area contributed by atoms with Crippen LogP contribution in [-0.4, -0.2) is 11.1 Å². The van der Waals surface area contributed by atoms with Crippen LogP contribution in [-0.2, 0) is 4.79 Å². The molecule has 0 aliphatic heterocycles. The summed E-state index contributed by atoms with van der Waals surface area (Å²) in [5.41, 5.74) is 4.81. The maximum absolute atomic E-state index is 11.4. The molecule has 1 aromatic carbocycles. The maximum Gasteiger partial charge on any atom is 0.337 e. The van der Waals surface area contributed by atoms with Gasteiger partial charge in [-0.15, -0.1) is 11.3 Å². The summed E-state index contributed by atoms with van der Waals surface area (Å²) in [6, 6.07) is 7.83. The lowest BCUT2D eigenvalue weighted by atomic mass is 9.99. The van der Waals surface area contributed by atoms with Gasteiger partial charge in [-0.05, 0) is 60.5 Å². The lowest BCUT2D eigenvalue weighted by Gasteiger charge is -2.07. The Bertz CT molecular complexity index is 637. The SMILES string of the molecule is Cc1cc(C)c(/C=C(\C(=O)O)c2cccs2)cc1C. The molecule has 0 bridgehead atoms. The minimum Gasteiger partial charge on any atom is -0.478 e. The second-order valence-corrected chi connectivity index (χ2v) is 5.58. The molecule has 1 N–H and O–H groups in total. The summed E-state index contributed by atoms with van der Waals surface area (Å²) in [5, 5.41) is 11.2. The van der Waals surface area contributed by atoms with Crippen molar-refractivity contribution < 1.29 is 9.90 Å². The van der Waals surface area contributed by atoms with Crippen molar-refractivity contribution in [2.75, 3.05) is 0 Å². The summed E-state index contributed by atoms with van der Waals surface area (Å²) >= 11 is 1.44. The third-order valence-corrected chi connectivity index (χ3v) is 4.10. The molecule has 98 valence electrons. The zero-order valence-corrected chi connectivity index (χ0v) is 12.0. The fraction of sp³-hybridized carbons (Fsp3) is 0.188. The van der Waals surface area contributed by atoms with Crippen LogP contribution in [0.4, 0.5) is 0 Å². The third-order valence-electron chi connectivity index (χ3n) is 3.20. The first-order valence-electron chi connectivity index (χ1n) is 6.05. The standard InChI is InChI=1S/C16H16O2S/c1-10-7-12(3)13(8-11(10)2)9-14(16(17)18)15-5-4-6-19-15/h4-9H,1-3H3,(H,17,18)/b14-9-. The minimum absolute atomic E-state index is 0.348. The predicted octanol–water partition coefficient (Wildman–Crippen LogP) is 4.30. The number of hydrogen-bond donors (Lipinski definition) is 1. The highest BCUT2D eigenvalue weighted by Gasteiger charge is 2.12. The van der Waals surface area contributed by atoms with E-state index < -0.39 is 5.97 Å². The summed E-state index contributed by atoms with van der Waals surface area (Å²) in [5.74, 6) is -0.889. The predicted molar refractivity (Wildman–Crippen MR) is 80.5 cm³/mol. The van der Waals surface area contributed by atoms with Crippen molar-refractivity contribution in [1.29, 1.82) is 0 Å². The summed E-state index contributed by atoms with van der Waals surface area (Å²) in [6.45, 7) is 6.11. The molecule has 1 aromatic heterocycles. The highest BCUT2D eigenvalue weighted by atomic mass is 32.1. The van der Waals surface area contributed by atoms with E-state index >= 15 is 0 Å². The van der Waals surface area contributed by atoms with E-state index in [4.69, 9.17) is 0 Å². The Morgan fingerprint density at radius 3 is 2.42 bits per heavy atom. The first-order valence-corrected chi connectivity index (χ1v) is 6.93. The van der Waals surface area contributed by atoms with Crippen LogP contribution in [0.2, 0.25) is 0 Å². The van der Waals surface area contributed by atoms with E-state index in [1.54, 1.807) is 6.08 Å². The Kier molecular flexibility index (Phi) is 3.86. The summed E-state index contributed by atoms with van der Waals surface area (Å²) in [4.78, 5) is 12.2. The summed E-state index contributed by atoms with van der Waals surface area (Å²) in [6.07, 6.45) is 1.76.